The summed E-state index contributed by atoms with van der Waals surface area (Å²) >= 11 is 8.61. The van der Waals surface area contributed by atoms with Crippen molar-refractivity contribution in [2.75, 3.05) is 5.32 Å². The van der Waals surface area contributed by atoms with Crippen LogP contribution in [0.15, 0.2) is 53.0 Å². The Morgan fingerprint density at radius 3 is 2.41 bits per heavy atom. The molecule has 0 heterocycles. The minimum atomic E-state index is -1.03. The fourth-order valence-corrected chi connectivity index (χ4v) is 2.81. The summed E-state index contributed by atoms with van der Waals surface area (Å²) in [5.41, 5.74) is 2.97. The average molecular weight is 447 g/mol. The van der Waals surface area contributed by atoms with Gasteiger partial charge in [0.15, 0.2) is 5.11 Å². The molecule has 0 saturated carbocycles. The Labute approximate surface area is 171 Å². The number of rotatable bonds is 5. The van der Waals surface area contributed by atoms with Gasteiger partial charge < -0.3 is 10.4 Å². The predicted octanol–water partition coefficient (Wildman–Crippen LogP) is 4.80. The van der Waals surface area contributed by atoms with Gasteiger partial charge in [-0.25, -0.2) is 4.79 Å². The molecule has 0 bridgehead atoms. The molecule has 27 heavy (non-hydrogen) atoms. The van der Waals surface area contributed by atoms with Crippen LogP contribution >= 0.6 is 28.1 Å². The zero-order valence-corrected chi connectivity index (χ0v) is 17.2. The normalized spacial score (nSPS) is 10.8. The van der Waals surface area contributed by atoms with Crippen LogP contribution in [-0.4, -0.2) is 22.1 Å². The first-order valence-corrected chi connectivity index (χ1v) is 9.39. The zero-order valence-electron chi connectivity index (χ0n) is 14.8. The lowest BCUT2D eigenvalue weighted by Crippen LogP contribution is -2.34. The molecule has 0 saturated heterocycles. The smallest absolute Gasteiger partial charge is 0.328 e. The van der Waals surface area contributed by atoms with E-state index >= 15 is 0 Å². The Hall–Kier alpha value is -2.51. The van der Waals surface area contributed by atoms with Gasteiger partial charge in [-0.15, -0.1) is 0 Å². The lowest BCUT2D eigenvalue weighted by Gasteiger charge is -2.12. The summed E-state index contributed by atoms with van der Waals surface area (Å²) in [7, 11) is 0. The van der Waals surface area contributed by atoms with E-state index in [0.29, 0.717) is 22.7 Å². The summed E-state index contributed by atoms with van der Waals surface area (Å²) in [6, 6.07) is 12.6. The van der Waals surface area contributed by atoms with E-state index in [-0.39, 0.29) is 11.0 Å². The third-order valence-electron chi connectivity index (χ3n) is 3.72. The summed E-state index contributed by atoms with van der Waals surface area (Å²) in [6.45, 7) is 4.18. The van der Waals surface area contributed by atoms with Crippen molar-refractivity contribution in [3.8, 4) is 0 Å². The van der Waals surface area contributed by atoms with Gasteiger partial charge in [-0.2, -0.15) is 0 Å². The highest BCUT2D eigenvalue weighted by Gasteiger charge is 2.10. The van der Waals surface area contributed by atoms with E-state index in [1.807, 2.05) is 12.1 Å². The lowest BCUT2D eigenvalue weighted by atomic mass is 10.0. The maximum atomic E-state index is 12.3. The van der Waals surface area contributed by atoms with Gasteiger partial charge in [0, 0.05) is 16.1 Å². The van der Waals surface area contributed by atoms with E-state index < -0.39 is 5.97 Å². The molecule has 2 aromatic rings. The summed E-state index contributed by atoms with van der Waals surface area (Å²) < 4.78 is 0.730. The molecule has 0 radical (unpaired) electrons. The molecule has 2 aromatic carbocycles. The van der Waals surface area contributed by atoms with Crippen LogP contribution < -0.4 is 10.6 Å². The molecule has 7 heteroatoms. The topological polar surface area (TPSA) is 78.4 Å². The molecule has 0 aliphatic heterocycles. The number of carboxylic acids is 1. The van der Waals surface area contributed by atoms with Crippen molar-refractivity contribution < 1.29 is 14.7 Å². The molecule has 140 valence electrons. The van der Waals surface area contributed by atoms with Crippen LogP contribution in [0.25, 0.3) is 6.08 Å². The first-order valence-electron chi connectivity index (χ1n) is 8.19. The highest BCUT2D eigenvalue weighted by molar-refractivity contribution is 9.10. The minimum absolute atomic E-state index is 0.146. The third-order valence-corrected chi connectivity index (χ3v) is 4.62. The van der Waals surface area contributed by atoms with Crippen LogP contribution in [-0.2, 0) is 4.79 Å². The highest BCUT2D eigenvalue weighted by atomic mass is 79.9. The molecule has 0 aliphatic carbocycles. The molecule has 0 spiro atoms. The van der Waals surface area contributed by atoms with Crippen molar-refractivity contribution in [2.24, 2.45) is 0 Å². The second-order valence-corrected chi connectivity index (χ2v) is 7.36. The van der Waals surface area contributed by atoms with Crippen LogP contribution in [0.3, 0.4) is 0 Å². The molecule has 0 atom stereocenters. The average Bonchev–Trinajstić information content (AvgIpc) is 2.62. The quantitative estimate of drug-likeness (QED) is 0.454. The standard InChI is InChI=1S/C20H19BrN2O3S/c1-12(2)14-5-7-15(8-6-14)19(26)23-20(27)22-17-11-13(3-9-16(17)21)4-10-18(24)25/h3-12H,1-2H3,(H,24,25)(H2,22,23,26,27)/b10-4+. The molecule has 0 aromatic heterocycles. The molecular formula is C20H19BrN2O3S. The summed E-state index contributed by atoms with van der Waals surface area (Å²) in [5, 5.41) is 14.4. The van der Waals surface area contributed by atoms with Gasteiger partial charge >= 0.3 is 5.97 Å². The van der Waals surface area contributed by atoms with Gasteiger partial charge in [-0.05, 0) is 75.5 Å². The summed E-state index contributed by atoms with van der Waals surface area (Å²) in [6.07, 6.45) is 2.52. The van der Waals surface area contributed by atoms with Gasteiger partial charge in [0.05, 0.1) is 5.69 Å². The van der Waals surface area contributed by atoms with Crippen molar-refractivity contribution in [1.29, 1.82) is 0 Å². The number of aliphatic carboxylic acids is 1. The van der Waals surface area contributed by atoms with E-state index in [9.17, 15) is 9.59 Å². The van der Waals surface area contributed by atoms with E-state index in [2.05, 4.69) is 40.4 Å². The fourth-order valence-electron chi connectivity index (χ4n) is 2.26. The number of nitrogens with one attached hydrogen (secondary N) is 2. The molecule has 0 aliphatic rings. The molecule has 1 amide bonds. The second kappa shape index (κ2) is 9.43. The Morgan fingerprint density at radius 1 is 1.15 bits per heavy atom. The lowest BCUT2D eigenvalue weighted by molar-refractivity contribution is -0.131. The first kappa shape index (κ1) is 20.8. The van der Waals surface area contributed by atoms with Gasteiger partial charge in [-0.3, -0.25) is 10.1 Å². The number of carboxylic acid groups (broad SMARTS) is 1. The Kier molecular flexibility index (Phi) is 7.27. The van der Waals surface area contributed by atoms with E-state index in [1.54, 1.807) is 30.3 Å². The van der Waals surface area contributed by atoms with Crippen molar-refractivity contribution in [1.82, 2.24) is 5.32 Å². The summed E-state index contributed by atoms with van der Waals surface area (Å²) in [5.74, 6) is -0.941. The van der Waals surface area contributed by atoms with Crippen LogP contribution in [0.2, 0.25) is 0 Å². The Balaban J connectivity index is 2.05. The first-order chi connectivity index (χ1) is 12.8. The molecular weight excluding hydrogens is 428 g/mol. The molecule has 3 N–H and O–H groups in total. The number of hydrogen-bond donors (Lipinski definition) is 3. The van der Waals surface area contributed by atoms with Crippen molar-refractivity contribution in [2.45, 2.75) is 19.8 Å². The zero-order chi connectivity index (χ0) is 20.0. The molecule has 5 nitrogen and oxygen atoms in total. The van der Waals surface area contributed by atoms with E-state index in [1.165, 1.54) is 6.08 Å². The Morgan fingerprint density at radius 2 is 1.81 bits per heavy atom. The molecule has 2 rings (SSSR count). The van der Waals surface area contributed by atoms with Gasteiger partial charge in [0.1, 0.15) is 0 Å². The highest BCUT2D eigenvalue weighted by Crippen LogP contribution is 2.24. The Bertz CT molecular complexity index is 893. The summed E-state index contributed by atoms with van der Waals surface area (Å²) in [4.78, 5) is 23.0. The van der Waals surface area contributed by atoms with Gasteiger partial charge in [0.25, 0.3) is 5.91 Å². The maximum Gasteiger partial charge on any atom is 0.328 e. The largest absolute Gasteiger partial charge is 0.478 e. The SMILES string of the molecule is CC(C)c1ccc(C(=O)NC(=S)Nc2cc(/C=C/C(=O)O)ccc2Br)cc1. The number of halogens is 1. The van der Waals surface area contributed by atoms with Crippen molar-refractivity contribution in [3.05, 3.63) is 69.7 Å². The van der Waals surface area contributed by atoms with Crippen LogP contribution in [0, 0.1) is 0 Å². The molecule has 0 unspecified atom stereocenters. The number of benzene rings is 2. The minimum Gasteiger partial charge on any atom is -0.478 e. The number of anilines is 1. The van der Waals surface area contributed by atoms with Crippen LogP contribution in [0.5, 0.6) is 0 Å². The number of amides is 1. The van der Waals surface area contributed by atoms with Crippen LogP contribution in [0.1, 0.15) is 41.3 Å². The number of hydrogen-bond acceptors (Lipinski definition) is 3. The van der Waals surface area contributed by atoms with E-state index in [0.717, 1.165) is 16.1 Å². The van der Waals surface area contributed by atoms with Gasteiger partial charge in [-0.1, -0.05) is 32.0 Å². The maximum absolute atomic E-state index is 12.3. The van der Waals surface area contributed by atoms with E-state index in [4.69, 9.17) is 17.3 Å². The number of carbonyl (C=O) groups excluding carboxylic acids is 1. The fraction of sp³-hybridized carbons (Fsp3) is 0.150. The van der Waals surface area contributed by atoms with Crippen molar-refractivity contribution >= 4 is 56.9 Å². The second-order valence-electron chi connectivity index (χ2n) is 6.10. The van der Waals surface area contributed by atoms with Crippen molar-refractivity contribution in [3.63, 3.8) is 0 Å². The molecule has 0 fully saturated rings. The monoisotopic (exact) mass is 446 g/mol. The number of carbonyl (C=O) groups is 2. The van der Waals surface area contributed by atoms with Gasteiger partial charge in [0.2, 0.25) is 0 Å². The number of thiocarbonyl (C=S) groups is 1. The third kappa shape index (κ3) is 6.30. The predicted molar refractivity (Wildman–Crippen MR) is 115 cm³/mol. The van der Waals surface area contributed by atoms with Crippen LogP contribution in [0.4, 0.5) is 5.69 Å².